The molecular formula is C36H35F3N4O5. The fraction of sp³-hybridized carbons (Fsp3) is 0.306. The van der Waals surface area contributed by atoms with Crippen molar-refractivity contribution in [3.05, 3.63) is 96.3 Å². The second kappa shape index (κ2) is 13.5. The van der Waals surface area contributed by atoms with E-state index in [0.29, 0.717) is 68.3 Å². The van der Waals surface area contributed by atoms with Crippen LogP contribution in [0.25, 0.3) is 18.0 Å². The van der Waals surface area contributed by atoms with Crippen molar-refractivity contribution >= 4 is 47.1 Å². The molecule has 8 bridgehead atoms. The molecule has 0 radical (unpaired) electrons. The van der Waals surface area contributed by atoms with E-state index in [4.69, 9.17) is 24.5 Å². The number of allylic oxidation sites excluding steroid dienone is 9. The third kappa shape index (κ3) is 6.34. The molecule has 0 amide bonds. The Hall–Kier alpha value is -5.26. The zero-order valence-electron chi connectivity index (χ0n) is 27.7. The molecular weight excluding hydrogens is 625 g/mol. The molecule has 0 fully saturated rings. The number of aliphatic hydroxyl groups is 1. The van der Waals surface area contributed by atoms with E-state index in [1.54, 1.807) is 32.1 Å². The fourth-order valence-corrected chi connectivity index (χ4v) is 6.16. The summed E-state index contributed by atoms with van der Waals surface area (Å²) in [4.78, 5) is 41.9. The molecule has 2 N–H and O–H groups in total. The number of hydrogen-bond donors (Lipinski definition) is 2. The first-order valence-corrected chi connectivity index (χ1v) is 15.2. The lowest BCUT2D eigenvalue weighted by Gasteiger charge is -2.08. The van der Waals surface area contributed by atoms with Gasteiger partial charge in [-0.2, -0.15) is 8.78 Å². The first-order chi connectivity index (χ1) is 22.7. The van der Waals surface area contributed by atoms with Crippen LogP contribution < -0.4 is 10.7 Å². The third-order valence-corrected chi connectivity index (χ3v) is 8.82. The number of H-pyrrole nitrogens is 1. The highest BCUT2D eigenvalue weighted by Gasteiger charge is 2.28. The van der Waals surface area contributed by atoms with E-state index >= 15 is 4.39 Å². The van der Waals surface area contributed by atoms with E-state index in [-0.39, 0.29) is 41.5 Å². The van der Waals surface area contributed by atoms with Gasteiger partial charge in [0.15, 0.2) is 5.83 Å². The number of rotatable bonds is 7. The maximum Gasteiger partial charge on any atom is 0.306 e. The molecule has 0 aliphatic carbocycles. The molecule has 1 aromatic rings. The van der Waals surface area contributed by atoms with Crippen LogP contribution >= 0.6 is 0 Å². The van der Waals surface area contributed by atoms with E-state index in [1.807, 2.05) is 6.92 Å². The second-order valence-corrected chi connectivity index (χ2v) is 11.7. The number of esters is 2. The van der Waals surface area contributed by atoms with Crippen molar-refractivity contribution in [2.45, 2.75) is 60.3 Å². The number of aliphatic imine (C=N–C) groups is 3. The number of nitrogens with zero attached hydrogens (tertiary/aromatic N) is 3. The molecule has 0 aromatic carbocycles. The van der Waals surface area contributed by atoms with Crippen molar-refractivity contribution in [2.24, 2.45) is 15.0 Å². The van der Waals surface area contributed by atoms with Crippen LogP contribution in [0.3, 0.4) is 0 Å². The predicted molar refractivity (Wildman–Crippen MR) is 178 cm³/mol. The van der Waals surface area contributed by atoms with Crippen molar-refractivity contribution in [1.82, 2.24) is 4.98 Å². The zero-order chi connectivity index (χ0) is 35.0. The highest BCUT2D eigenvalue weighted by atomic mass is 19.3. The first kappa shape index (κ1) is 34.1. The summed E-state index contributed by atoms with van der Waals surface area (Å²) in [5.74, 6) is -2.51. The molecule has 5 rings (SSSR count). The summed E-state index contributed by atoms with van der Waals surface area (Å²) < 4.78 is 52.4. The number of aromatic nitrogens is 1. The number of halogens is 3. The van der Waals surface area contributed by atoms with Gasteiger partial charge in [0.05, 0.1) is 59.6 Å². The van der Waals surface area contributed by atoms with Crippen molar-refractivity contribution in [3.8, 4) is 0 Å². The van der Waals surface area contributed by atoms with E-state index in [2.05, 4.69) is 4.98 Å². The van der Waals surface area contributed by atoms with Gasteiger partial charge in [-0.25, -0.2) is 19.4 Å². The Bertz CT molecular complexity index is 2110. The summed E-state index contributed by atoms with van der Waals surface area (Å²) in [5.41, 5.74) is 6.70. The fourth-order valence-electron chi connectivity index (χ4n) is 6.16. The Morgan fingerprint density at radius 1 is 0.750 bits per heavy atom. The van der Waals surface area contributed by atoms with Gasteiger partial charge in [-0.3, -0.25) is 9.59 Å². The SMILES string of the molecule is COC(=O)CCC1=C(C)C2=NC1=CC1=NC(=CC3=C(C)/C(=C(\C)O)C(=N3)C=c3[nH]c(c(C(F)=C(F)F)c3C)=C2)C(C)=C1CCC(=O)OC. The van der Waals surface area contributed by atoms with Crippen LogP contribution in [-0.4, -0.2) is 53.4 Å². The lowest BCUT2D eigenvalue weighted by Crippen LogP contribution is -2.16. The van der Waals surface area contributed by atoms with Gasteiger partial charge in [0.1, 0.15) is 0 Å². The number of hydrogen-bond acceptors (Lipinski definition) is 8. The normalized spacial score (nSPS) is 18.1. The number of aromatic amines is 1. The van der Waals surface area contributed by atoms with Gasteiger partial charge in [0.2, 0.25) is 0 Å². The van der Waals surface area contributed by atoms with Crippen LogP contribution in [0, 0.1) is 6.92 Å². The monoisotopic (exact) mass is 660 g/mol. The number of nitrogens with one attached hydrogen (secondary N) is 1. The number of aliphatic hydroxyl groups excluding tert-OH is 1. The van der Waals surface area contributed by atoms with Crippen molar-refractivity contribution < 1.29 is 37.3 Å². The Morgan fingerprint density at radius 2 is 1.35 bits per heavy atom. The minimum atomic E-state index is -2.48. The molecule has 9 nitrogen and oxygen atoms in total. The van der Waals surface area contributed by atoms with Crippen LogP contribution in [0.1, 0.15) is 64.5 Å². The van der Waals surface area contributed by atoms with Crippen LogP contribution in [-0.2, 0) is 19.1 Å². The number of fused-ring (bicyclic) bond motifs is 5. The maximum absolute atomic E-state index is 15.1. The Labute approximate surface area is 275 Å². The summed E-state index contributed by atoms with van der Waals surface area (Å²) in [5, 5.41) is 11.0. The summed E-state index contributed by atoms with van der Waals surface area (Å²) >= 11 is 0. The number of carbonyl (C=O) groups is 2. The molecule has 12 heteroatoms. The molecule has 0 saturated heterocycles. The van der Waals surface area contributed by atoms with E-state index in [0.717, 1.165) is 11.1 Å². The summed E-state index contributed by atoms with van der Waals surface area (Å²) in [6.45, 7) is 8.51. The molecule has 4 aliphatic rings. The van der Waals surface area contributed by atoms with E-state index in [9.17, 15) is 23.5 Å². The first-order valence-electron chi connectivity index (χ1n) is 15.2. The van der Waals surface area contributed by atoms with Crippen LogP contribution in [0.15, 0.2) is 89.5 Å². The van der Waals surface area contributed by atoms with Gasteiger partial charge in [-0.15, -0.1) is 0 Å². The molecule has 0 spiro atoms. The average molecular weight is 661 g/mol. The maximum atomic E-state index is 15.1. The van der Waals surface area contributed by atoms with Crippen molar-refractivity contribution in [1.29, 1.82) is 0 Å². The highest BCUT2D eigenvalue weighted by Crippen LogP contribution is 2.37. The van der Waals surface area contributed by atoms with Crippen molar-refractivity contribution in [3.63, 3.8) is 0 Å². The number of ether oxygens (including phenoxy) is 2. The zero-order valence-corrected chi connectivity index (χ0v) is 27.7. The highest BCUT2D eigenvalue weighted by molar-refractivity contribution is 6.26. The smallest absolute Gasteiger partial charge is 0.306 e. The lowest BCUT2D eigenvalue weighted by atomic mass is 9.96. The van der Waals surface area contributed by atoms with Crippen molar-refractivity contribution in [2.75, 3.05) is 14.2 Å². The molecule has 4 aliphatic heterocycles. The van der Waals surface area contributed by atoms with Gasteiger partial charge < -0.3 is 19.6 Å². The minimum absolute atomic E-state index is 0.01000. The van der Waals surface area contributed by atoms with Gasteiger partial charge >= 0.3 is 18.0 Å². The summed E-state index contributed by atoms with van der Waals surface area (Å²) in [6, 6.07) is 0. The summed E-state index contributed by atoms with van der Waals surface area (Å²) in [7, 11) is 2.61. The van der Waals surface area contributed by atoms with E-state index in [1.165, 1.54) is 34.1 Å². The Kier molecular flexibility index (Phi) is 9.56. The summed E-state index contributed by atoms with van der Waals surface area (Å²) in [6.07, 6.45) is 4.85. The second-order valence-electron chi connectivity index (χ2n) is 11.7. The average Bonchev–Trinajstić information content (AvgIpc) is 3.71. The van der Waals surface area contributed by atoms with Gasteiger partial charge in [-0.1, -0.05) is 0 Å². The van der Waals surface area contributed by atoms with Crippen LogP contribution in [0.4, 0.5) is 13.2 Å². The van der Waals surface area contributed by atoms with E-state index < -0.39 is 23.8 Å². The topological polar surface area (TPSA) is 126 Å². The van der Waals surface area contributed by atoms with Crippen LogP contribution in [0.5, 0.6) is 0 Å². The van der Waals surface area contributed by atoms with Gasteiger partial charge in [0, 0.05) is 29.3 Å². The largest absolute Gasteiger partial charge is 0.512 e. The quantitative estimate of drug-likeness (QED) is 0.266. The van der Waals surface area contributed by atoms with Gasteiger partial charge in [0.25, 0.3) is 0 Å². The molecule has 250 valence electrons. The molecule has 0 unspecified atom stereocenters. The minimum Gasteiger partial charge on any atom is -0.512 e. The lowest BCUT2D eigenvalue weighted by molar-refractivity contribution is -0.141. The molecule has 0 saturated carbocycles. The molecule has 0 atom stereocenters. The number of carbonyl (C=O) groups excluding carboxylic acids is 2. The molecule has 48 heavy (non-hydrogen) atoms. The predicted octanol–water partition coefficient (Wildman–Crippen LogP) is 6.21. The van der Waals surface area contributed by atoms with Crippen LogP contribution in [0.2, 0.25) is 0 Å². The standard InChI is InChI=1S/C36H35F3N4O5/c1-16-21(8-10-31(45)47-6)27-15-28-22(9-11-32(46)48-7)17(2)24(41-28)13-30-34(35(37)36(38)39)19(4)26(43-30)14-29-33(20(5)44)18(3)25(42-29)12-23(16)40-27/h12-15,43-44H,8-11H2,1-7H3/b23-12?,26-14?,28-15?,30-13?,33-20-. The Morgan fingerprint density at radius 3 is 1.96 bits per heavy atom. The molecule has 1 aromatic heterocycles. The number of methoxy groups -OCH3 is 2. The van der Waals surface area contributed by atoms with Gasteiger partial charge in [-0.05, 0) is 105 Å². The third-order valence-electron chi connectivity index (χ3n) is 8.82. The molecule has 5 heterocycles. The Balaban J connectivity index is 1.86.